The maximum atomic E-state index is 12.7. The molecule has 0 aliphatic rings. The summed E-state index contributed by atoms with van der Waals surface area (Å²) in [4.78, 5) is 0. The highest BCUT2D eigenvalue weighted by Crippen LogP contribution is 2.14. The van der Waals surface area contributed by atoms with Crippen LogP contribution >= 0.6 is 11.8 Å². The van der Waals surface area contributed by atoms with Gasteiger partial charge in [0.05, 0.1) is 6.07 Å². The van der Waals surface area contributed by atoms with Crippen LogP contribution in [0.4, 0.5) is 4.39 Å². The molecule has 0 saturated heterocycles. The highest BCUT2D eigenvalue weighted by Gasteiger charge is 1.95. The summed E-state index contributed by atoms with van der Waals surface area (Å²) in [6, 6.07) is 8.74. The van der Waals surface area contributed by atoms with Crippen molar-refractivity contribution in [1.82, 2.24) is 0 Å². The van der Waals surface area contributed by atoms with E-state index in [1.165, 1.54) is 6.07 Å². The van der Waals surface area contributed by atoms with Crippen LogP contribution in [0.3, 0.4) is 0 Å². The third-order valence-corrected chi connectivity index (χ3v) is 2.85. The number of benzene rings is 1. The van der Waals surface area contributed by atoms with Gasteiger partial charge >= 0.3 is 0 Å². The van der Waals surface area contributed by atoms with Crippen LogP contribution in [0, 0.1) is 17.1 Å². The van der Waals surface area contributed by atoms with Crippen molar-refractivity contribution >= 4 is 11.8 Å². The number of thioether (sulfide) groups is 1. The van der Waals surface area contributed by atoms with Crippen LogP contribution in [0.1, 0.15) is 18.4 Å². The van der Waals surface area contributed by atoms with Gasteiger partial charge in [-0.3, -0.25) is 0 Å². The van der Waals surface area contributed by atoms with E-state index in [4.69, 9.17) is 5.26 Å². The highest BCUT2D eigenvalue weighted by molar-refractivity contribution is 7.98. The summed E-state index contributed by atoms with van der Waals surface area (Å²) in [6.07, 6.45) is 1.52. The van der Waals surface area contributed by atoms with Crippen molar-refractivity contribution in [2.75, 3.05) is 5.75 Å². The number of nitrogens with zero attached hydrogens (tertiary/aromatic N) is 1. The lowest BCUT2D eigenvalue weighted by molar-refractivity contribution is 0.626. The van der Waals surface area contributed by atoms with Crippen molar-refractivity contribution in [2.24, 2.45) is 0 Å². The molecule has 0 spiro atoms. The smallest absolute Gasteiger partial charge is 0.123 e. The SMILES string of the molecule is N#CCCCSCc1cccc(F)c1. The molecule has 0 N–H and O–H groups in total. The largest absolute Gasteiger partial charge is 0.207 e. The standard InChI is InChI=1S/C11H12FNS/c12-11-5-3-4-10(8-11)9-14-7-2-1-6-13/h3-5,8H,1-2,7,9H2. The van der Waals surface area contributed by atoms with Crippen molar-refractivity contribution in [3.63, 3.8) is 0 Å². The summed E-state index contributed by atoms with van der Waals surface area (Å²) in [5, 5.41) is 8.31. The van der Waals surface area contributed by atoms with Crippen molar-refractivity contribution in [3.05, 3.63) is 35.6 Å². The Bertz CT molecular complexity index is 319. The second-order valence-corrected chi connectivity index (χ2v) is 4.05. The molecule has 0 amide bonds. The molecular formula is C11H12FNS. The number of unbranched alkanes of at least 4 members (excludes halogenated alkanes) is 1. The lowest BCUT2D eigenvalue weighted by Gasteiger charge is -2.00. The first kappa shape index (κ1) is 11.1. The van der Waals surface area contributed by atoms with Crippen LogP contribution in [-0.2, 0) is 5.75 Å². The monoisotopic (exact) mass is 209 g/mol. The van der Waals surface area contributed by atoms with E-state index in [1.807, 2.05) is 6.07 Å². The zero-order valence-corrected chi connectivity index (χ0v) is 8.69. The predicted molar refractivity (Wildman–Crippen MR) is 57.4 cm³/mol. The minimum atomic E-state index is -0.180. The molecule has 0 saturated carbocycles. The van der Waals surface area contributed by atoms with E-state index < -0.39 is 0 Å². The van der Waals surface area contributed by atoms with E-state index in [0.717, 1.165) is 23.5 Å². The average Bonchev–Trinajstić information content (AvgIpc) is 2.18. The molecule has 0 unspecified atom stereocenters. The maximum absolute atomic E-state index is 12.7. The van der Waals surface area contributed by atoms with E-state index in [0.29, 0.717) is 6.42 Å². The third-order valence-electron chi connectivity index (χ3n) is 1.74. The van der Waals surface area contributed by atoms with Crippen LogP contribution in [0.25, 0.3) is 0 Å². The summed E-state index contributed by atoms with van der Waals surface area (Å²) < 4.78 is 12.7. The Kier molecular flexibility index (Phi) is 5.09. The number of halogens is 1. The molecule has 0 aliphatic heterocycles. The van der Waals surface area contributed by atoms with E-state index in [-0.39, 0.29) is 5.82 Å². The molecule has 1 nitrogen and oxygen atoms in total. The van der Waals surface area contributed by atoms with Crippen LogP contribution in [-0.4, -0.2) is 5.75 Å². The fourth-order valence-electron chi connectivity index (χ4n) is 1.07. The van der Waals surface area contributed by atoms with E-state index in [9.17, 15) is 4.39 Å². The molecule has 0 atom stereocenters. The summed E-state index contributed by atoms with van der Waals surface area (Å²) in [6.45, 7) is 0. The van der Waals surface area contributed by atoms with Gasteiger partial charge in [0.1, 0.15) is 5.82 Å². The third kappa shape index (κ3) is 4.29. The molecule has 0 fully saturated rings. The Hall–Kier alpha value is -1.01. The number of nitriles is 1. The van der Waals surface area contributed by atoms with Crippen LogP contribution in [0.15, 0.2) is 24.3 Å². The summed E-state index contributed by atoms with van der Waals surface area (Å²) in [7, 11) is 0. The quantitative estimate of drug-likeness (QED) is 0.694. The predicted octanol–water partition coefficient (Wildman–Crippen LogP) is 3.36. The van der Waals surface area contributed by atoms with Crippen LogP contribution in [0.2, 0.25) is 0 Å². The van der Waals surface area contributed by atoms with E-state index in [1.54, 1.807) is 23.9 Å². The Balaban J connectivity index is 2.22. The Labute approximate surface area is 87.9 Å². The van der Waals surface area contributed by atoms with Gasteiger partial charge in [0.15, 0.2) is 0 Å². The number of rotatable bonds is 5. The molecule has 0 radical (unpaired) electrons. The molecule has 1 aromatic carbocycles. The van der Waals surface area contributed by atoms with Crippen molar-refractivity contribution in [2.45, 2.75) is 18.6 Å². The zero-order chi connectivity index (χ0) is 10.2. The number of hydrogen-bond acceptors (Lipinski definition) is 2. The topological polar surface area (TPSA) is 23.8 Å². The molecule has 74 valence electrons. The lowest BCUT2D eigenvalue weighted by atomic mass is 10.2. The second-order valence-electron chi connectivity index (χ2n) is 2.94. The van der Waals surface area contributed by atoms with Gasteiger partial charge in [-0.15, -0.1) is 0 Å². The molecule has 0 heterocycles. The molecule has 0 aliphatic carbocycles. The minimum absolute atomic E-state index is 0.180. The first-order valence-corrected chi connectivity index (χ1v) is 5.67. The van der Waals surface area contributed by atoms with E-state index >= 15 is 0 Å². The fourth-order valence-corrected chi connectivity index (χ4v) is 1.98. The van der Waals surface area contributed by atoms with Gasteiger partial charge in [-0.05, 0) is 29.9 Å². The van der Waals surface area contributed by atoms with Crippen molar-refractivity contribution in [1.29, 1.82) is 5.26 Å². The molecule has 0 bridgehead atoms. The molecule has 3 heteroatoms. The Morgan fingerprint density at radius 2 is 2.29 bits per heavy atom. The summed E-state index contributed by atoms with van der Waals surface area (Å²) >= 11 is 1.74. The normalized spacial score (nSPS) is 9.71. The van der Waals surface area contributed by atoms with E-state index in [2.05, 4.69) is 6.07 Å². The Morgan fingerprint density at radius 3 is 3.00 bits per heavy atom. The second kappa shape index (κ2) is 6.44. The highest BCUT2D eigenvalue weighted by atomic mass is 32.2. The molecule has 1 aromatic rings. The van der Waals surface area contributed by atoms with Crippen molar-refractivity contribution in [3.8, 4) is 6.07 Å². The van der Waals surface area contributed by atoms with Crippen LogP contribution < -0.4 is 0 Å². The first-order valence-electron chi connectivity index (χ1n) is 4.52. The van der Waals surface area contributed by atoms with Gasteiger partial charge in [0, 0.05) is 12.2 Å². The molecule has 14 heavy (non-hydrogen) atoms. The van der Waals surface area contributed by atoms with Gasteiger partial charge in [0.2, 0.25) is 0 Å². The van der Waals surface area contributed by atoms with Gasteiger partial charge in [-0.25, -0.2) is 4.39 Å². The Morgan fingerprint density at radius 1 is 1.43 bits per heavy atom. The first-order chi connectivity index (χ1) is 6.83. The van der Waals surface area contributed by atoms with Gasteiger partial charge in [0.25, 0.3) is 0 Å². The fraction of sp³-hybridized carbons (Fsp3) is 0.364. The summed E-state index contributed by atoms with van der Waals surface area (Å²) in [5.41, 5.74) is 1.01. The van der Waals surface area contributed by atoms with Crippen LogP contribution in [0.5, 0.6) is 0 Å². The lowest BCUT2D eigenvalue weighted by Crippen LogP contribution is -1.84. The minimum Gasteiger partial charge on any atom is -0.207 e. The molecule has 0 aromatic heterocycles. The molecule has 1 rings (SSSR count). The molecular weight excluding hydrogens is 197 g/mol. The van der Waals surface area contributed by atoms with Gasteiger partial charge in [-0.2, -0.15) is 17.0 Å². The number of hydrogen-bond donors (Lipinski definition) is 0. The zero-order valence-electron chi connectivity index (χ0n) is 7.87. The van der Waals surface area contributed by atoms with Crippen molar-refractivity contribution < 1.29 is 4.39 Å². The maximum Gasteiger partial charge on any atom is 0.123 e. The summed E-state index contributed by atoms with van der Waals surface area (Å²) in [5.74, 6) is 1.60. The van der Waals surface area contributed by atoms with Gasteiger partial charge < -0.3 is 0 Å². The van der Waals surface area contributed by atoms with Gasteiger partial charge in [-0.1, -0.05) is 12.1 Å². The average molecular weight is 209 g/mol.